The van der Waals surface area contributed by atoms with Crippen molar-refractivity contribution in [2.75, 3.05) is 0 Å². The predicted molar refractivity (Wildman–Crippen MR) is 58.5 cm³/mol. The summed E-state index contributed by atoms with van der Waals surface area (Å²) in [6.07, 6.45) is -4.79. The Bertz CT molecular complexity index is 599. The van der Waals surface area contributed by atoms with Crippen molar-refractivity contribution in [3.05, 3.63) is 53.6 Å². The summed E-state index contributed by atoms with van der Waals surface area (Å²) in [6.45, 7) is 0. The Morgan fingerprint density at radius 1 is 0.842 bits per heavy atom. The van der Waals surface area contributed by atoms with E-state index in [2.05, 4.69) is 0 Å². The molecule has 0 atom stereocenters. The molecule has 0 saturated heterocycles. The molecule has 0 unspecified atom stereocenters. The van der Waals surface area contributed by atoms with Crippen LogP contribution in [0, 0.1) is 11.6 Å². The van der Waals surface area contributed by atoms with Gasteiger partial charge >= 0.3 is 6.18 Å². The fraction of sp³-hybridized carbons (Fsp3) is 0.0769. The van der Waals surface area contributed by atoms with Gasteiger partial charge in [-0.2, -0.15) is 13.2 Å². The van der Waals surface area contributed by atoms with E-state index in [1.807, 2.05) is 0 Å². The van der Waals surface area contributed by atoms with E-state index in [4.69, 9.17) is 0 Å². The van der Waals surface area contributed by atoms with E-state index in [1.54, 1.807) is 0 Å². The van der Waals surface area contributed by atoms with Crippen LogP contribution in [0.15, 0.2) is 36.4 Å². The molecule has 0 heterocycles. The van der Waals surface area contributed by atoms with Crippen LogP contribution in [-0.4, -0.2) is 5.11 Å². The molecule has 100 valence electrons. The van der Waals surface area contributed by atoms with Gasteiger partial charge in [0.05, 0.1) is 5.56 Å². The molecule has 0 fully saturated rings. The molecule has 0 amide bonds. The van der Waals surface area contributed by atoms with Crippen molar-refractivity contribution in [2.45, 2.75) is 6.18 Å². The van der Waals surface area contributed by atoms with E-state index in [1.165, 1.54) is 0 Å². The minimum atomic E-state index is -4.79. The summed E-state index contributed by atoms with van der Waals surface area (Å²) in [4.78, 5) is 0. The van der Waals surface area contributed by atoms with Gasteiger partial charge in [-0.1, -0.05) is 6.07 Å². The van der Waals surface area contributed by atoms with Crippen LogP contribution in [0.1, 0.15) is 5.56 Å². The number of phenols is 1. The number of halogens is 5. The second-order valence-electron chi connectivity index (χ2n) is 3.89. The maximum absolute atomic E-state index is 13.4. The Hall–Kier alpha value is -2.11. The molecular formula is C13H7F5O. The maximum atomic E-state index is 13.4. The van der Waals surface area contributed by atoms with Gasteiger partial charge in [0.15, 0.2) is 0 Å². The number of benzene rings is 2. The first-order valence-corrected chi connectivity index (χ1v) is 5.14. The Morgan fingerprint density at radius 2 is 1.53 bits per heavy atom. The van der Waals surface area contributed by atoms with Crippen molar-refractivity contribution in [1.82, 2.24) is 0 Å². The average Bonchev–Trinajstić information content (AvgIpc) is 2.25. The smallest absolute Gasteiger partial charge is 0.419 e. The zero-order valence-corrected chi connectivity index (χ0v) is 9.30. The summed E-state index contributed by atoms with van der Waals surface area (Å²) < 4.78 is 63.5. The third-order valence-electron chi connectivity index (χ3n) is 2.49. The zero-order valence-electron chi connectivity index (χ0n) is 9.30. The van der Waals surface area contributed by atoms with E-state index in [-0.39, 0.29) is 11.1 Å². The summed E-state index contributed by atoms with van der Waals surface area (Å²) in [5, 5.41) is 9.19. The van der Waals surface area contributed by atoms with Crippen molar-refractivity contribution >= 4 is 0 Å². The van der Waals surface area contributed by atoms with Crippen molar-refractivity contribution < 1.29 is 27.1 Å². The van der Waals surface area contributed by atoms with Crippen LogP contribution < -0.4 is 0 Å². The Morgan fingerprint density at radius 3 is 2.05 bits per heavy atom. The first-order valence-electron chi connectivity index (χ1n) is 5.14. The van der Waals surface area contributed by atoms with Crippen LogP contribution in [0.5, 0.6) is 5.75 Å². The molecule has 0 aliphatic heterocycles. The van der Waals surface area contributed by atoms with E-state index in [0.29, 0.717) is 12.1 Å². The Labute approximate surface area is 104 Å². The summed E-state index contributed by atoms with van der Waals surface area (Å²) in [5.41, 5.74) is -1.26. The second kappa shape index (κ2) is 4.53. The normalized spacial score (nSPS) is 11.6. The molecule has 6 heteroatoms. The molecule has 0 aliphatic rings. The SMILES string of the molecule is Oc1cc(F)cc(-c2ccc(C(F)(F)F)c(F)c2)c1. The van der Waals surface area contributed by atoms with Gasteiger partial charge in [-0.05, 0) is 35.4 Å². The molecule has 2 aromatic carbocycles. The minimum absolute atomic E-state index is 0.0419. The highest BCUT2D eigenvalue weighted by Crippen LogP contribution is 2.34. The van der Waals surface area contributed by atoms with E-state index >= 15 is 0 Å². The van der Waals surface area contributed by atoms with Crippen LogP contribution in [0.4, 0.5) is 22.0 Å². The molecular weight excluding hydrogens is 267 g/mol. The van der Waals surface area contributed by atoms with Crippen molar-refractivity contribution in [2.24, 2.45) is 0 Å². The van der Waals surface area contributed by atoms with Gasteiger partial charge in [0.25, 0.3) is 0 Å². The molecule has 2 rings (SSSR count). The van der Waals surface area contributed by atoms with Crippen LogP contribution >= 0.6 is 0 Å². The highest BCUT2D eigenvalue weighted by Gasteiger charge is 2.33. The third kappa shape index (κ3) is 2.83. The molecule has 0 bridgehead atoms. The molecule has 0 saturated carbocycles. The van der Waals surface area contributed by atoms with Crippen LogP contribution in [0.2, 0.25) is 0 Å². The van der Waals surface area contributed by atoms with Crippen LogP contribution in [-0.2, 0) is 6.18 Å². The number of alkyl halides is 3. The number of hydrogen-bond acceptors (Lipinski definition) is 1. The first-order chi connectivity index (χ1) is 8.77. The highest BCUT2D eigenvalue weighted by atomic mass is 19.4. The quantitative estimate of drug-likeness (QED) is 0.766. The fourth-order valence-electron chi connectivity index (χ4n) is 1.67. The summed E-state index contributed by atoms with van der Waals surface area (Å²) >= 11 is 0. The average molecular weight is 274 g/mol. The summed E-state index contributed by atoms with van der Waals surface area (Å²) in [6, 6.07) is 5.20. The highest BCUT2D eigenvalue weighted by molar-refractivity contribution is 5.65. The number of rotatable bonds is 1. The molecule has 0 radical (unpaired) electrons. The molecule has 19 heavy (non-hydrogen) atoms. The van der Waals surface area contributed by atoms with Gasteiger partial charge in [-0.25, -0.2) is 8.78 Å². The van der Waals surface area contributed by atoms with E-state index < -0.39 is 29.1 Å². The largest absolute Gasteiger partial charge is 0.508 e. The van der Waals surface area contributed by atoms with Crippen LogP contribution in [0.3, 0.4) is 0 Å². The lowest BCUT2D eigenvalue weighted by atomic mass is 10.0. The molecule has 0 aliphatic carbocycles. The molecule has 1 nitrogen and oxygen atoms in total. The first kappa shape index (κ1) is 13.3. The van der Waals surface area contributed by atoms with Gasteiger partial charge in [0.1, 0.15) is 17.4 Å². The lowest BCUT2D eigenvalue weighted by Crippen LogP contribution is -2.07. The fourth-order valence-corrected chi connectivity index (χ4v) is 1.67. The van der Waals surface area contributed by atoms with Gasteiger partial charge in [-0.3, -0.25) is 0 Å². The topological polar surface area (TPSA) is 20.2 Å². The molecule has 2 aromatic rings. The molecule has 0 spiro atoms. The van der Waals surface area contributed by atoms with Crippen molar-refractivity contribution in [3.63, 3.8) is 0 Å². The van der Waals surface area contributed by atoms with Gasteiger partial charge in [-0.15, -0.1) is 0 Å². The van der Waals surface area contributed by atoms with Crippen LogP contribution in [0.25, 0.3) is 11.1 Å². The maximum Gasteiger partial charge on any atom is 0.419 e. The summed E-state index contributed by atoms with van der Waals surface area (Å²) in [7, 11) is 0. The van der Waals surface area contributed by atoms with E-state index in [0.717, 1.165) is 24.3 Å². The van der Waals surface area contributed by atoms with Crippen molar-refractivity contribution in [3.8, 4) is 16.9 Å². The zero-order chi connectivity index (χ0) is 14.2. The predicted octanol–water partition coefficient (Wildman–Crippen LogP) is 4.36. The number of phenolic OH excluding ortho intramolecular Hbond substituents is 1. The third-order valence-corrected chi connectivity index (χ3v) is 2.49. The van der Waals surface area contributed by atoms with Gasteiger partial charge in [0, 0.05) is 6.07 Å². The lowest BCUT2D eigenvalue weighted by Gasteiger charge is -2.10. The van der Waals surface area contributed by atoms with Gasteiger partial charge in [0.2, 0.25) is 0 Å². The number of hydrogen-bond donors (Lipinski definition) is 1. The number of aromatic hydroxyl groups is 1. The summed E-state index contributed by atoms with van der Waals surface area (Å²) in [5.74, 6) is -2.61. The molecule has 0 aromatic heterocycles. The minimum Gasteiger partial charge on any atom is -0.508 e. The lowest BCUT2D eigenvalue weighted by molar-refractivity contribution is -0.139. The monoisotopic (exact) mass is 274 g/mol. The van der Waals surface area contributed by atoms with Gasteiger partial charge < -0.3 is 5.11 Å². The Balaban J connectivity index is 2.50. The van der Waals surface area contributed by atoms with Crippen molar-refractivity contribution in [1.29, 1.82) is 0 Å². The molecule has 1 N–H and O–H groups in total. The second-order valence-corrected chi connectivity index (χ2v) is 3.89. The Kier molecular flexibility index (Phi) is 3.18. The standard InChI is InChI=1S/C13H7F5O/c14-9-3-8(4-10(19)6-9)7-1-2-11(12(15)5-7)13(16,17)18/h1-6,19H. The van der Waals surface area contributed by atoms with E-state index in [9.17, 15) is 27.1 Å².